The van der Waals surface area contributed by atoms with Crippen molar-refractivity contribution in [1.29, 1.82) is 0 Å². The van der Waals surface area contributed by atoms with Crippen LogP contribution in [0, 0.1) is 65.5 Å². The molecule has 0 radical (unpaired) electrons. The van der Waals surface area contributed by atoms with Gasteiger partial charge in [0.15, 0.2) is 0 Å². The Morgan fingerprint density at radius 3 is 1.35 bits per heavy atom. The van der Waals surface area contributed by atoms with Crippen molar-refractivity contribution in [3.05, 3.63) is 125 Å². The molecule has 242 valence electrons. The summed E-state index contributed by atoms with van der Waals surface area (Å²) in [5, 5.41) is 11.6. The van der Waals surface area contributed by atoms with E-state index in [1.165, 1.54) is 27.8 Å². The summed E-state index contributed by atoms with van der Waals surface area (Å²) in [6, 6.07) is 17.1. The number of benzene rings is 4. The zero-order valence-electron chi connectivity index (χ0n) is 29.4. The van der Waals surface area contributed by atoms with E-state index in [9.17, 15) is 10.1 Å². The average Bonchev–Trinajstić information content (AvgIpc) is 3.44. The number of aryl methyl sites for hydroxylation is 2. The Labute approximate surface area is 274 Å². The lowest BCUT2D eigenvalue weighted by Crippen LogP contribution is -2.31. The number of nitrogen functional groups attached to an aromatic ring is 1. The van der Waals surface area contributed by atoms with E-state index < -0.39 is 5.60 Å². The van der Waals surface area contributed by atoms with Gasteiger partial charge in [0.1, 0.15) is 22.7 Å². The molecule has 2 aliphatic heterocycles. The highest BCUT2D eigenvalue weighted by molar-refractivity contribution is 5.69. The molecule has 0 fully saturated rings. The number of hydrogen-bond acceptors (Lipinski definition) is 5. The average molecular weight is 621 g/mol. The first-order chi connectivity index (χ1) is 21.4. The van der Waals surface area contributed by atoms with Crippen molar-refractivity contribution in [2.45, 2.75) is 106 Å². The van der Waals surface area contributed by atoms with Crippen LogP contribution in [0.1, 0.15) is 106 Å². The van der Waals surface area contributed by atoms with Gasteiger partial charge in [-0.25, -0.2) is 0 Å². The number of fused-ring (bicyclic) bond motifs is 2. The minimum atomic E-state index is -0.450. The molecule has 4 aromatic rings. The highest BCUT2D eigenvalue weighted by atomic mass is 16.6. The van der Waals surface area contributed by atoms with E-state index in [1.54, 1.807) is 6.92 Å². The molecule has 0 bridgehead atoms. The fraction of sp³-hybridized carbons (Fsp3) is 0.400. The molecule has 2 heterocycles. The van der Waals surface area contributed by atoms with Gasteiger partial charge in [0.2, 0.25) is 0 Å². The van der Waals surface area contributed by atoms with Crippen molar-refractivity contribution in [3.63, 3.8) is 0 Å². The predicted octanol–water partition coefficient (Wildman–Crippen LogP) is 9.94. The summed E-state index contributed by atoms with van der Waals surface area (Å²) in [5.74, 6) is 2.03. The Balaban J connectivity index is 0.000000182. The predicted molar refractivity (Wildman–Crippen MR) is 188 cm³/mol. The first-order valence-electron chi connectivity index (χ1n) is 16.1. The molecule has 0 amide bonds. The van der Waals surface area contributed by atoms with E-state index in [1.807, 2.05) is 13.8 Å². The quantitative estimate of drug-likeness (QED) is 0.140. The molecule has 0 saturated heterocycles. The molecule has 0 spiro atoms. The van der Waals surface area contributed by atoms with Crippen molar-refractivity contribution < 1.29 is 14.4 Å². The zero-order chi connectivity index (χ0) is 34.0. The number of rotatable bonds is 3. The molecule has 2 N–H and O–H groups in total. The highest BCUT2D eigenvalue weighted by Crippen LogP contribution is 2.55. The second-order valence-electron chi connectivity index (χ2n) is 14.4. The van der Waals surface area contributed by atoms with Gasteiger partial charge < -0.3 is 15.2 Å². The van der Waals surface area contributed by atoms with Crippen molar-refractivity contribution in [2.75, 3.05) is 5.73 Å². The Morgan fingerprint density at radius 1 is 0.587 bits per heavy atom. The molecule has 6 rings (SSSR count). The molecular weight excluding hydrogens is 572 g/mol. The molecule has 2 atom stereocenters. The maximum Gasteiger partial charge on any atom is 0.276 e. The van der Waals surface area contributed by atoms with E-state index in [0.29, 0.717) is 11.1 Å². The van der Waals surface area contributed by atoms with Crippen LogP contribution < -0.4 is 15.2 Å². The third-order valence-corrected chi connectivity index (χ3v) is 10.3. The van der Waals surface area contributed by atoms with E-state index >= 15 is 0 Å². The fourth-order valence-electron chi connectivity index (χ4n) is 7.53. The summed E-state index contributed by atoms with van der Waals surface area (Å²) in [6.07, 6.45) is 0. The Hall–Kier alpha value is -4.32. The molecule has 46 heavy (non-hydrogen) atoms. The number of nitro groups is 1. The van der Waals surface area contributed by atoms with Crippen LogP contribution >= 0.6 is 0 Å². The summed E-state index contributed by atoms with van der Waals surface area (Å²) >= 11 is 0. The molecule has 0 aliphatic carbocycles. The number of nitro benzene ring substituents is 1. The van der Waals surface area contributed by atoms with Crippen LogP contribution in [0.25, 0.3) is 0 Å². The van der Waals surface area contributed by atoms with E-state index in [2.05, 4.69) is 111 Å². The van der Waals surface area contributed by atoms with Gasteiger partial charge in [-0.15, -0.1) is 0 Å². The smallest absolute Gasteiger partial charge is 0.276 e. The van der Waals surface area contributed by atoms with Crippen LogP contribution in [0.5, 0.6) is 11.5 Å². The second-order valence-corrected chi connectivity index (χ2v) is 14.4. The minimum absolute atomic E-state index is 0.0221. The largest absolute Gasteiger partial charge is 0.486 e. The van der Waals surface area contributed by atoms with Gasteiger partial charge in [0, 0.05) is 33.5 Å². The maximum atomic E-state index is 11.6. The number of nitrogens with zero attached hydrogens (tertiary/aromatic N) is 1. The van der Waals surface area contributed by atoms with Gasteiger partial charge in [-0.1, -0.05) is 59.7 Å². The lowest BCUT2D eigenvalue weighted by Gasteiger charge is -2.27. The van der Waals surface area contributed by atoms with Gasteiger partial charge in [0.25, 0.3) is 5.69 Å². The molecule has 4 aromatic carbocycles. The summed E-state index contributed by atoms with van der Waals surface area (Å²) in [7, 11) is 0. The van der Waals surface area contributed by atoms with Crippen molar-refractivity contribution >= 4 is 11.4 Å². The van der Waals surface area contributed by atoms with Gasteiger partial charge in [-0.05, 0) is 111 Å². The van der Waals surface area contributed by atoms with Gasteiger partial charge >= 0.3 is 0 Å². The van der Waals surface area contributed by atoms with Crippen LogP contribution in [0.3, 0.4) is 0 Å². The molecular formula is C40H48N2O4. The van der Waals surface area contributed by atoms with Crippen molar-refractivity contribution in [2.24, 2.45) is 0 Å². The zero-order valence-corrected chi connectivity index (χ0v) is 29.4. The summed E-state index contributed by atoms with van der Waals surface area (Å²) in [5.41, 5.74) is 19.6. The topological polar surface area (TPSA) is 87.6 Å². The number of nitrogens with two attached hydrogens (primary N) is 1. The second kappa shape index (κ2) is 11.5. The molecule has 6 heteroatoms. The lowest BCUT2D eigenvalue weighted by atomic mass is 9.78. The third-order valence-electron chi connectivity index (χ3n) is 10.3. The van der Waals surface area contributed by atoms with Crippen molar-refractivity contribution in [3.8, 4) is 11.5 Å². The van der Waals surface area contributed by atoms with Crippen LogP contribution in [0.15, 0.2) is 48.5 Å². The summed E-state index contributed by atoms with van der Waals surface area (Å²) in [4.78, 5) is 11.3. The first-order valence-corrected chi connectivity index (χ1v) is 16.1. The van der Waals surface area contributed by atoms with Crippen LogP contribution in [-0.4, -0.2) is 16.1 Å². The van der Waals surface area contributed by atoms with E-state index in [-0.39, 0.29) is 28.0 Å². The molecule has 0 saturated carbocycles. The third kappa shape index (κ3) is 5.32. The normalized spacial score (nSPS) is 18.5. The van der Waals surface area contributed by atoms with Crippen LogP contribution in [-0.2, 0) is 0 Å². The molecule has 6 nitrogen and oxygen atoms in total. The van der Waals surface area contributed by atoms with Crippen molar-refractivity contribution in [1.82, 2.24) is 0 Å². The minimum Gasteiger partial charge on any atom is -0.486 e. The van der Waals surface area contributed by atoms with Gasteiger partial charge in [-0.3, -0.25) is 10.1 Å². The fourth-order valence-corrected chi connectivity index (χ4v) is 7.53. The maximum absolute atomic E-state index is 11.6. The van der Waals surface area contributed by atoms with Crippen LogP contribution in [0.4, 0.5) is 11.4 Å². The number of anilines is 1. The Bertz CT molecular complexity index is 1850. The van der Waals surface area contributed by atoms with E-state index in [4.69, 9.17) is 15.2 Å². The molecule has 0 aromatic heterocycles. The molecule has 2 unspecified atom stereocenters. The SMILES string of the molecule is Cc1ccc(C2c3c(C)c(N)c(C)c(C)c3OC2(C)C)cc1.Cc1ccc(C2c3c(C)c([N+](=O)[O-])c(C)c(C)c3OC2(C)C)cc1. The summed E-state index contributed by atoms with van der Waals surface area (Å²) < 4.78 is 12.7. The Kier molecular flexibility index (Phi) is 8.25. The molecule has 2 aliphatic rings. The number of hydrogen-bond donors (Lipinski definition) is 1. The first kappa shape index (κ1) is 33.1. The highest BCUT2D eigenvalue weighted by Gasteiger charge is 2.47. The Morgan fingerprint density at radius 2 is 0.957 bits per heavy atom. The van der Waals surface area contributed by atoms with Crippen LogP contribution in [0.2, 0.25) is 0 Å². The summed E-state index contributed by atoms with van der Waals surface area (Å²) in [6.45, 7) is 24.5. The number of ether oxygens (including phenoxy) is 2. The van der Waals surface area contributed by atoms with Gasteiger partial charge in [-0.2, -0.15) is 0 Å². The standard InChI is InChI=1S/C20H23NO3.C20H25NO/c1-11-7-9-15(10-8-11)17-16-14(4)18(21(22)23)12(2)13(3)19(16)24-20(17,5)6;1-11-7-9-15(10-8-11)17-16-14(4)18(21)12(2)13(3)19(16)22-20(17,5)6/h7-10,17H,1-6H3;7-10,17H,21H2,1-6H3. The van der Waals surface area contributed by atoms with Gasteiger partial charge in [0.05, 0.1) is 16.8 Å². The monoisotopic (exact) mass is 620 g/mol. The van der Waals surface area contributed by atoms with E-state index in [0.717, 1.165) is 45.0 Å². The lowest BCUT2D eigenvalue weighted by molar-refractivity contribution is -0.386.